The van der Waals surface area contributed by atoms with Crippen molar-refractivity contribution in [1.82, 2.24) is 0 Å². The largest absolute Gasteiger partial charge is 0.496 e. The highest BCUT2D eigenvalue weighted by atomic mass is 16.5. The molecule has 0 atom stereocenters. The van der Waals surface area contributed by atoms with Gasteiger partial charge in [-0.05, 0) is 68.2 Å². The van der Waals surface area contributed by atoms with Gasteiger partial charge < -0.3 is 14.6 Å². The molecule has 0 radical (unpaired) electrons. The van der Waals surface area contributed by atoms with Gasteiger partial charge in [0.1, 0.15) is 17.1 Å². The van der Waals surface area contributed by atoms with Crippen LogP contribution < -0.4 is 9.47 Å². The lowest BCUT2D eigenvalue weighted by molar-refractivity contribution is 0.0986. The van der Waals surface area contributed by atoms with Crippen LogP contribution in [0.15, 0.2) is 30.3 Å². The normalized spacial score (nSPS) is 13.2. The van der Waals surface area contributed by atoms with Gasteiger partial charge in [-0.25, -0.2) is 0 Å². The number of nitriles is 2. The van der Waals surface area contributed by atoms with E-state index < -0.39 is 5.60 Å². The molecule has 4 rings (SSSR count). The van der Waals surface area contributed by atoms with Crippen molar-refractivity contribution in [2.75, 3.05) is 14.2 Å². The van der Waals surface area contributed by atoms with E-state index in [0.29, 0.717) is 24.3 Å². The van der Waals surface area contributed by atoms with Crippen molar-refractivity contribution < 1.29 is 24.2 Å². The highest BCUT2D eigenvalue weighted by molar-refractivity contribution is 6.01. The average molecular weight is 485 g/mol. The number of hydrogen-bond acceptors (Lipinski definition) is 7. The Morgan fingerprint density at radius 3 is 1.86 bits per heavy atom. The molecular weight excluding hydrogens is 456 g/mol. The van der Waals surface area contributed by atoms with Gasteiger partial charge in [-0.2, -0.15) is 10.5 Å². The molecule has 184 valence electrons. The van der Waals surface area contributed by atoms with Gasteiger partial charge in [0.15, 0.2) is 11.6 Å². The third-order valence-corrected chi connectivity index (χ3v) is 5.49. The zero-order chi connectivity index (χ0) is 26.9. The Bertz CT molecular complexity index is 1310. The molecule has 0 fully saturated rings. The standard InChI is InChI=1S/C13H11NO2.C12H10O2.C4H7NO/c1-16-13-8-11-9(4-5-12(11)15)7-10(13)3-2-6-14;1-3-8-6-9-4-5-11(13)10(9)7-12(8)14-2;1-4(2,6)3-5/h2-3,7-8H,4-5H2,1H3;1,6-7H,4-5H2,2H3;6H,1-2H3/b3-2+;;. The first kappa shape index (κ1) is 27.9. The Balaban J connectivity index is 0.000000209. The predicted molar refractivity (Wildman–Crippen MR) is 136 cm³/mol. The van der Waals surface area contributed by atoms with Crippen molar-refractivity contribution in [1.29, 1.82) is 10.5 Å². The summed E-state index contributed by atoms with van der Waals surface area (Å²) in [6.07, 6.45) is 11.2. The fraction of sp³-hybridized carbons (Fsp3) is 0.310. The fourth-order valence-corrected chi connectivity index (χ4v) is 3.68. The summed E-state index contributed by atoms with van der Waals surface area (Å²) in [5.41, 5.74) is 4.03. The molecule has 0 aliphatic heterocycles. The Labute approximate surface area is 211 Å². The number of rotatable bonds is 3. The Kier molecular flexibility index (Phi) is 9.57. The molecule has 7 heteroatoms. The molecule has 2 aromatic rings. The van der Waals surface area contributed by atoms with Crippen LogP contribution in [-0.2, 0) is 12.8 Å². The number of aryl methyl sites for hydroxylation is 2. The zero-order valence-electron chi connectivity index (χ0n) is 20.8. The van der Waals surface area contributed by atoms with E-state index in [-0.39, 0.29) is 11.6 Å². The molecule has 2 aliphatic rings. The van der Waals surface area contributed by atoms with Crippen molar-refractivity contribution in [3.63, 3.8) is 0 Å². The van der Waals surface area contributed by atoms with Gasteiger partial charge in [-0.1, -0.05) is 5.92 Å². The van der Waals surface area contributed by atoms with Crippen LogP contribution in [0.5, 0.6) is 11.5 Å². The lowest BCUT2D eigenvalue weighted by atomic mass is 10.0. The summed E-state index contributed by atoms with van der Waals surface area (Å²) in [6.45, 7) is 2.88. The van der Waals surface area contributed by atoms with Gasteiger partial charge in [0, 0.05) is 35.6 Å². The molecule has 0 heterocycles. The first-order chi connectivity index (χ1) is 17.1. The SMILES string of the molecule is C#Cc1cc2c(cc1OC)C(=O)CC2.CC(C)(O)C#N.COc1cc2c(cc1/C=C/C#N)CCC2=O. The fourth-order valence-electron chi connectivity index (χ4n) is 3.68. The molecule has 0 saturated carbocycles. The second kappa shape index (κ2) is 12.4. The molecule has 0 unspecified atom stereocenters. The third kappa shape index (κ3) is 7.06. The van der Waals surface area contributed by atoms with Crippen LogP contribution in [0.2, 0.25) is 0 Å². The summed E-state index contributed by atoms with van der Waals surface area (Å²) in [6, 6.07) is 10.9. The second-order valence-electron chi connectivity index (χ2n) is 8.58. The van der Waals surface area contributed by atoms with E-state index in [9.17, 15) is 9.59 Å². The summed E-state index contributed by atoms with van der Waals surface area (Å²) in [4.78, 5) is 23.0. The van der Waals surface area contributed by atoms with E-state index in [1.807, 2.05) is 18.2 Å². The number of ketones is 2. The summed E-state index contributed by atoms with van der Waals surface area (Å²) in [7, 11) is 3.12. The first-order valence-electron chi connectivity index (χ1n) is 11.2. The van der Waals surface area contributed by atoms with Gasteiger partial charge >= 0.3 is 0 Å². The van der Waals surface area contributed by atoms with E-state index in [4.69, 9.17) is 31.5 Å². The molecule has 2 aliphatic carbocycles. The summed E-state index contributed by atoms with van der Waals surface area (Å²) < 4.78 is 10.3. The average Bonchev–Trinajstić information content (AvgIpc) is 3.42. The maximum atomic E-state index is 11.5. The van der Waals surface area contributed by atoms with E-state index >= 15 is 0 Å². The van der Waals surface area contributed by atoms with E-state index in [0.717, 1.165) is 46.2 Å². The zero-order valence-corrected chi connectivity index (χ0v) is 20.8. The summed E-state index contributed by atoms with van der Waals surface area (Å²) in [5.74, 6) is 4.16. The number of ether oxygens (including phenoxy) is 2. The van der Waals surface area contributed by atoms with Gasteiger partial charge in [-0.3, -0.25) is 9.59 Å². The molecule has 1 N–H and O–H groups in total. The quantitative estimate of drug-likeness (QED) is 0.388. The Morgan fingerprint density at radius 1 is 0.917 bits per heavy atom. The minimum Gasteiger partial charge on any atom is -0.496 e. The molecule has 0 bridgehead atoms. The van der Waals surface area contributed by atoms with Crippen molar-refractivity contribution in [2.24, 2.45) is 0 Å². The molecule has 7 nitrogen and oxygen atoms in total. The Morgan fingerprint density at radius 2 is 1.42 bits per heavy atom. The number of aliphatic hydroxyl groups is 1. The highest BCUT2D eigenvalue weighted by Gasteiger charge is 2.22. The number of terminal acetylenes is 1. The van der Waals surface area contributed by atoms with Crippen LogP contribution in [0.1, 0.15) is 69.7 Å². The maximum absolute atomic E-state index is 11.5. The number of methoxy groups -OCH3 is 2. The summed E-state index contributed by atoms with van der Waals surface area (Å²) >= 11 is 0. The van der Waals surface area contributed by atoms with Crippen LogP contribution >= 0.6 is 0 Å². The summed E-state index contributed by atoms with van der Waals surface area (Å²) in [5, 5.41) is 24.9. The van der Waals surface area contributed by atoms with Crippen molar-refractivity contribution >= 4 is 17.6 Å². The van der Waals surface area contributed by atoms with Crippen molar-refractivity contribution in [2.45, 2.75) is 45.1 Å². The lowest BCUT2D eigenvalue weighted by Crippen LogP contribution is -2.13. The minimum absolute atomic E-state index is 0.170. The van der Waals surface area contributed by atoms with Crippen molar-refractivity contribution in [3.8, 4) is 36.0 Å². The minimum atomic E-state index is -1.15. The van der Waals surface area contributed by atoms with Crippen LogP contribution in [-0.4, -0.2) is 36.5 Å². The van der Waals surface area contributed by atoms with Gasteiger partial charge in [0.25, 0.3) is 0 Å². The van der Waals surface area contributed by atoms with Gasteiger partial charge in [-0.15, -0.1) is 6.42 Å². The van der Waals surface area contributed by atoms with Crippen molar-refractivity contribution in [3.05, 3.63) is 63.7 Å². The predicted octanol–water partition coefficient (Wildman–Crippen LogP) is 4.45. The van der Waals surface area contributed by atoms with Crippen LogP contribution in [0.25, 0.3) is 6.08 Å². The van der Waals surface area contributed by atoms with E-state index in [2.05, 4.69) is 5.92 Å². The first-order valence-corrected chi connectivity index (χ1v) is 11.2. The molecule has 0 saturated heterocycles. The van der Waals surface area contributed by atoms with Gasteiger partial charge in [0.2, 0.25) is 0 Å². The number of fused-ring (bicyclic) bond motifs is 2. The number of Topliss-reactive ketones (excluding diaryl/α,β-unsaturated/α-hetero) is 2. The van der Waals surface area contributed by atoms with Crippen LogP contribution in [0.4, 0.5) is 0 Å². The maximum Gasteiger partial charge on any atom is 0.163 e. The molecule has 0 spiro atoms. The Hall–Kier alpha value is -4.38. The number of nitrogens with zero attached hydrogens (tertiary/aromatic N) is 2. The third-order valence-electron chi connectivity index (χ3n) is 5.49. The second-order valence-corrected chi connectivity index (χ2v) is 8.58. The monoisotopic (exact) mass is 484 g/mol. The number of allylic oxidation sites excluding steroid dienone is 1. The smallest absolute Gasteiger partial charge is 0.163 e. The van der Waals surface area contributed by atoms with Crippen LogP contribution in [0, 0.1) is 35.0 Å². The van der Waals surface area contributed by atoms with Gasteiger partial charge in [0.05, 0.1) is 31.9 Å². The topological polar surface area (TPSA) is 120 Å². The number of carbonyl (C=O) groups is 2. The molecular formula is C29H28N2O5. The van der Waals surface area contributed by atoms with E-state index in [1.54, 1.807) is 38.5 Å². The number of carbonyl (C=O) groups excluding carboxylic acids is 2. The molecule has 0 aromatic heterocycles. The van der Waals surface area contributed by atoms with Crippen LogP contribution in [0.3, 0.4) is 0 Å². The molecule has 2 aromatic carbocycles. The highest BCUT2D eigenvalue weighted by Crippen LogP contribution is 2.31. The molecule has 0 amide bonds. The molecule has 36 heavy (non-hydrogen) atoms. The number of benzene rings is 2. The lowest BCUT2D eigenvalue weighted by Gasteiger charge is -2.07. The number of hydrogen-bond donors (Lipinski definition) is 1. The van der Waals surface area contributed by atoms with E-state index in [1.165, 1.54) is 19.9 Å².